The number of alkyl carbamates (subject to hydrolysis) is 1. The molecule has 1 aliphatic rings. The molecule has 1 amide bonds. The van der Waals surface area contributed by atoms with Gasteiger partial charge in [-0.2, -0.15) is 0 Å². The standard InChI is InChI=1S/C32H55NO2/c1-3-5-7-8-14-22-29(21-6-4-2)30-23-15-10-17-25-31(26-18-11-16-24-30)33-32(34)35-27-28-19-12-9-13-20-28/h9,12-13,19-20,29-31H,3-8,10-11,14-18,21-27H2,1-2H3,(H,33,34). The fourth-order valence-corrected chi connectivity index (χ4v) is 5.88. The van der Waals surface area contributed by atoms with Gasteiger partial charge in [0.05, 0.1) is 0 Å². The molecule has 0 aliphatic heterocycles. The summed E-state index contributed by atoms with van der Waals surface area (Å²) in [6.45, 7) is 5.00. The number of benzene rings is 1. The average molecular weight is 486 g/mol. The van der Waals surface area contributed by atoms with Crippen LogP contribution in [-0.2, 0) is 11.3 Å². The molecule has 1 unspecified atom stereocenters. The van der Waals surface area contributed by atoms with Gasteiger partial charge in [0.25, 0.3) is 0 Å². The molecule has 0 radical (unpaired) electrons. The van der Waals surface area contributed by atoms with Crippen molar-refractivity contribution in [3.63, 3.8) is 0 Å². The van der Waals surface area contributed by atoms with Gasteiger partial charge in [-0.15, -0.1) is 0 Å². The van der Waals surface area contributed by atoms with Crippen molar-refractivity contribution in [2.75, 3.05) is 0 Å². The van der Waals surface area contributed by atoms with E-state index in [-0.39, 0.29) is 12.1 Å². The maximum Gasteiger partial charge on any atom is 0.407 e. The fourth-order valence-electron chi connectivity index (χ4n) is 5.88. The number of unbranched alkanes of at least 4 members (excludes halogenated alkanes) is 5. The van der Waals surface area contributed by atoms with Crippen molar-refractivity contribution < 1.29 is 9.53 Å². The van der Waals surface area contributed by atoms with Crippen LogP contribution < -0.4 is 5.32 Å². The summed E-state index contributed by atoms with van der Waals surface area (Å²) in [6, 6.07) is 10.2. The zero-order valence-electron chi connectivity index (χ0n) is 23.1. The summed E-state index contributed by atoms with van der Waals surface area (Å²) in [5, 5.41) is 3.17. The highest BCUT2D eigenvalue weighted by atomic mass is 16.5. The van der Waals surface area contributed by atoms with E-state index in [1.54, 1.807) is 0 Å². The van der Waals surface area contributed by atoms with Crippen LogP contribution in [0.3, 0.4) is 0 Å². The molecule has 3 nitrogen and oxygen atoms in total. The van der Waals surface area contributed by atoms with Gasteiger partial charge in [0.15, 0.2) is 0 Å². The van der Waals surface area contributed by atoms with Crippen molar-refractivity contribution in [1.29, 1.82) is 0 Å². The first-order chi connectivity index (χ1) is 17.2. The summed E-state index contributed by atoms with van der Waals surface area (Å²) >= 11 is 0. The Morgan fingerprint density at radius 1 is 0.800 bits per heavy atom. The summed E-state index contributed by atoms with van der Waals surface area (Å²) in [5.41, 5.74) is 1.04. The number of nitrogens with one attached hydrogen (secondary N) is 1. The molecule has 1 fully saturated rings. The maximum absolute atomic E-state index is 12.4. The molecular weight excluding hydrogens is 430 g/mol. The molecule has 0 aromatic heterocycles. The molecule has 1 saturated carbocycles. The molecule has 2 rings (SSSR count). The molecule has 1 N–H and O–H groups in total. The van der Waals surface area contributed by atoms with E-state index in [9.17, 15) is 4.79 Å². The summed E-state index contributed by atoms with van der Waals surface area (Å²) in [7, 11) is 0. The van der Waals surface area contributed by atoms with Crippen molar-refractivity contribution >= 4 is 6.09 Å². The van der Waals surface area contributed by atoms with Gasteiger partial charge < -0.3 is 10.1 Å². The summed E-state index contributed by atoms with van der Waals surface area (Å²) in [4.78, 5) is 12.4. The van der Waals surface area contributed by atoms with E-state index in [1.807, 2.05) is 30.3 Å². The summed E-state index contributed by atoms with van der Waals surface area (Å²) < 4.78 is 5.48. The molecule has 1 atom stereocenters. The molecule has 35 heavy (non-hydrogen) atoms. The minimum Gasteiger partial charge on any atom is -0.445 e. The Hall–Kier alpha value is -1.51. The van der Waals surface area contributed by atoms with Crippen LogP contribution in [0, 0.1) is 11.8 Å². The van der Waals surface area contributed by atoms with Crippen molar-refractivity contribution in [1.82, 2.24) is 5.32 Å². The van der Waals surface area contributed by atoms with Crippen molar-refractivity contribution in [2.24, 2.45) is 11.8 Å². The lowest BCUT2D eigenvalue weighted by atomic mass is 9.78. The lowest BCUT2D eigenvalue weighted by Crippen LogP contribution is -2.35. The van der Waals surface area contributed by atoms with Crippen molar-refractivity contribution in [2.45, 2.75) is 148 Å². The fraction of sp³-hybridized carbons (Fsp3) is 0.781. The second-order valence-electron chi connectivity index (χ2n) is 11.0. The zero-order chi connectivity index (χ0) is 25.0. The Labute approximate surface area is 217 Å². The largest absolute Gasteiger partial charge is 0.445 e. The van der Waals surface area contributed by atoms with E-state index in [0.29, 0.717) is 6.61 Å². The Bertz CT molecular complexity index is 618. The van der Waals surface area contributed by atoms with E-state index in [4.69, 9.17) is 4.74 Å². The summed E-state index contributed by atoms with van der Waals surface area (Å²) in [5.74, 6) is 1.89. The Morgan fingerprint density at radius 3 is 2.06 bits per heavy atom. The topological polar surface area (TPSA) is 38.3 Å². The Morgan fingerprint density at radius 2 is 1.40 bits per heavy atom. The zero-order valence-corrected chi connectivity index (χ0v) is 23.1. The van der Waals surface area contributed by atoms with E-state index >= 15 is 0 Å². The van der Waals surface area contributed by atoms with E-state index < -0.39 is 0 Å². The van der Waals surface area contributed by atoms with Gasteiger partial charge in [0, 0.05) is 6.04 Å². The smallest absolute Gasteiger partial charge is 0.407 e. The SMILES string of the molecule is CCCCCCCC(CCCC)C1CCCCCC(NC(=O)OCc2ccccc2)CCCCC1. The van der Waals surface area contributed by atoms with E-state index in [1.165, 1.54) is 109 Å². The van der Waals surface area contributed by atoms with Crippen LogP contribution in [-0.4, -0.2) is 12.1 Å². The van der Waals surface area contributed by atoms with Crippen molar-refractivity contribution in [3.8, 4) is 0 Å². The lowest BCUT2D eigenvalue weighted by Gasteiger charge is -2.28. The van der Waals surface area contributed by atoms with Crippen LogP contribution in [0.2, 0.25) is 0 Å². The van der Waals surface area contributed by atoms with Gasteiger partial charge in [-0.25, -0.2) is 4.79 Å². The Balaban J connectivity index is 1.76. The highest BCUT2D eigenvalue weighted by Crippen LogP contribution is 2.33. The van der Waals surface area contributed by atoms with Gasteiger partial charge in [0.1, 0.15) is 6.61 Å². The number of carbonyl (C=O) groups excluding carboxylic acids is 1. The molecule has 1 aromatic carbocycles. The second-order valence-corrected chi connectivity index (χ2v) is 11.0. The first-order valence-electron chi connectivity index (χ1n) is 15.2. The molecule has 1 aromatic rings. The van der Waals surface area contributed by atoms with Crippen LogP contribution in [0.4, 0.5) is 4.79 Å². The van der Waals surface area contributed by atoms with Crippen LogP contribution in [0.15, 0.2) is 30.3 Å². The highest BCUT2D eigenvalue weighted by Gasteiger charge is 2.21. The van der Waals surface area contributed by atoms with Crippen LogP contribution in [0.5, 0.6) is 0 Å². The minimum atomic E-state index is -0.260. The van der Waals surface area contributed by atoms with E-state index in [2.05, 4.69) is 19.2 Å². The number of rotatable bonds is 13. The summed E-state index contributed by atoms with van der Waals surface area (Å²) in [6.07, 6.45) is 25.2. The van der Waals surface area contributed by atoms with Gasteiger partial charge in [-0.3, -0.25) is 0 Å². The number of ether oxygens (including phenoxy) is 1. The first-order valence-corrected chi connectivity index (χ1v) is 15.2. The van der Waals surface area contributed by atoms with Gasteiger partial charge in [0.2, 0.25) is 0 Å². The molecule has 3 heteroatoms. The van der Waals surface area contributed by atoms with Gasteiger partial charge in [-0.05, 0) is 30.2 Å². The molecule has 0 bridgehead atoms. The average Bonchev–Trinajstić information content (AvgIpc) is 2.87. The molecule has 0 saturated heterocycles. The lowest BCUT2D eigenvalue weighted by molar-refractivity contribution is 0.134. The van der Waals surface area contributed by atoms with Crippen LogP contribution >= 0.6 is 0 Å². The quantitative estimate of drug-likeness (QED) is 0.282. The van der Waals surface area contributed by atoms with Crippen LogP contribution in [0.25, 0.3) is 0 Å². The third-order valence-corrected chi connectivity index (χ3v) is 8.06. The maximum atomic E-state index is 12.4. The second kappa shape index (κ2) is 19.7. The number of carbonyl (C=O) groups is 1. The minimum absolute atomic E-state index is 0.258. The van der Waals surface area contributed by atoms with E-state index in [0.717, 1.165) is 30.2 Å². The first kappa shape index (κ1) is 29.7. The van der Waals surface area contributed by atoms with Crippen molar-refractivity contribution in [3.05, 3.63) is 35.9 Å². The predicted octanol–water partition coefficient (Wildman–Crippen LogP) is 9.98. The van der Waals surface area contributed by atoms with Crippen LogP contribution in [0.1, 0.15) is 141 Å². The molecule has 0 heterocycles. The third-order valence-electron chi connectivity index (χ3n) is 8.06. The van der Waals surface area contributed by atoms with Gasteiger partial charge in [-0.1, -0.05) is 153 Å². The van der Waals surface area contributed by atoms with Gasteiger partial charge >= 0.3 is 6.09 Å². The number of hydrogen-bond acceptors (Lipinski definition) is 2. The molecule has 0 spiro atoms. The molecular formula is C32H55NO2. The number of amides is 1. The monoisotopic (exact) mass is 485 g/mol. The number of hydrogen-bond donors (Lipinski definition) is 1. The predicted molar refractivity (Wildman–Crippen MR) is 150 cm³/mol. The highest BCUT2D eigenvalue weighted by molar-refractivity contribution is 5.67. The molecule has 1 aliphatic carbocycles. The molecule has 200 valence electrons. The Kier molecular flexibility index (Phi) is 16.7. The normalized spacial score (nSPS) is 20.9. The third kappa shape index (κ3) is 14.0.